The van der Waals surface area contributed by atoms with Crippen LogP contribution in [-0.2, 0) is 0 Å². The summed E-state index contributed by atoms with van der Waals surface area (Å²) in [5.74, 6) is 0.0868. The van der Waals surface area contributed by atoms with Crippen LogP contribution in [-0.4, -0.2) is 18.1 Å². The van der Waals surface area contributed by atoms with E-state index < -0.39 is 0 Å². The smallest absolute Gasteiger partial charge is 0.261 e. The molecule has 0 aliphatic carbocycles. The van der Waals surface area contributed by atoms with Crippen LogP contribution in [0.3, 0.4) is 0 Å². The second-order valence-corrected chi connectivity index (χ2v) is 6.68. The average molecular weight is 405 g/mol. The molecule has 2 N–H and O–H groups in total. The summed E-state index contributed by atoms with van der Waals surface area (Å²) in [4.78, 5) is 12.6. The van der Waals surface area contributed by atoms with Crippen molar-refractivity contribution in [2.75, 3.05) is 12.4 Å². The van der Waals surface area contributed by atoms with Crippen LogP contribution in [0, 0.1) is 0 Å². The Labute approximate surface area is 166 Å². The fraction of sp³-hybridized carbons (Fsp3) is 0.0526. The molecule has 3 rings (SSSR count). The fourth-order valence-electron chi connectivity index (χ4n) is 2.48. The summed E-state index contributed by atoms with van der Waals surface area (Å²) in [6, 6.07) is 16.2. The van der Waals surface area contributed by atoms with E-state index in [0.29, 0.717) is 27.0 Å². The molecule has 0 fully saturated rings. The van der Waals surface area contributed by atoms with Gasteiger partial charge in [0.15, 0.2) is 5.11 Å². The number of hydrogen-bond acceptors (Lipinski definition) is 3. The fourth-order valence-corrected chi connectivity index (χ4v) is 3.14. The quantitative estimate of drug-likeness (QED) is 0.582. The minimum absolute atomic E-state index is 0.120. The molecule has 132 valence electrons. The van der Waals surface area contributed by atoms with E-state index in [4.69, 9.17) is 40.2 Å². The van der Waals surface area contributed by atoms with E-state index in [1.54, 1.807) is 24.3 Å². The number of halogens is 2. The molecular formula is C19H14Cl2N2O2S. The van der Waals surface area contributed by atoms with Crippen molar-refractivity contribution in [3.05, 3.63) is 70.2 Å². The molecule has 3 aromatic carbocycles. The topological polar surface area (TPSA) is 50.4 Å². The maximum absolute atomic E-state index is 12.6. The van der Waals surface area contributed by atoms with Gasteiger partial charge in [-0.2, -0.15) is 0 Å². The van der Waals surface area contributed by atoms with Crippen molar-refractivity contribution in [1.82, 2.24) is 5.32 Å². The van der Waals surface area contributed by atoms with Gasteiger partial charge in [-0.25, -0.2) is 0 Å². The minimum Gasteiger partial charge on any atom is -0.496 e. The van der Waals surface area contributed by atoms with Crippen LogP contribution in [0.25, 0.3) is 10.8 Å². The molecule has 0 atom stereocenters. The summed E-state index contributed by atoms with van der Waals surface area (Å²) in [6.07, 6.45) is 0. The zero-order valence-corrected chi connectivity index (χ0v) is 16.0. The Balaban J connectivity index is 1.80. The Morgan fingerprint density at radius 2 is 1.73 bits per heavy atom. The summed E-state index contributed by atoms with van der Waals surface area (Å²) in [5, 5.41) is 8.46. The number of thiocarbonyl (C=S) groups is 1. The lowest BCUT2D eigenvalue weighted by Gasteiger charge is -2.13. The van der Waals surface area contributed by atoms with E-state index >= 15 is 0 Å². The summed E-state index contributed by atoms with van der Waals surface area (Å²) in [6.45, 7) is 0. The van der Waals surface area contributed by atoms with Gasteiger partial charge in [-0.05, 0) is 53.3 Å². The third-order valence-corrected chi connectivity index (χ3v) is 4.47. The maximum atomic E-state index is 12.6. The standard InChI is InChI=1S/C19H14Cl2N2O2S/c1-25-17-9-12-5-3-2-4-11(12)8-14(17)18(24)23-19(26)22-16-7-6-13(20)10-15(16)21/h2-10H,1H3,(H2,22,23,24,26). The molecule has 4 nitrogen and oxygen atoms in total. The van der Waals surface area contributed by atoms with Crippen LogP contribution in [0.15, 0.2) is 54.6 Å². The third-order valence-electron chi connectivity index (χ3n) is 3.72. The number of ether oxygens (including phenoxy) is 1. The van der Waals surface area contributed by atoms with E-state index in [9.17, 15) is 4.79 Å². The molecule has 0 bridgehead atoms. The monoisotopic (exact) mass is 404 g/mol. The molecular weight excluding hydrogens is 391 g/mol. The molecule has 7 heteroatoms. The number of carbonyl (C=O) groups is 1. The van der Waals surface area contributed by atoms with Gasteiger partial charge in [-0.3, -0.25) is 10.1 Å². The highest BCUT2D eigenvalue weighted by Gasteiger charge is 2.15. The predicted molar refractivity (Wildman–Crippen MR) is 111 cm³/mol. The van der Waals surface area contributed by atoms with Gasteiger partial charge < -0.3 is 10.1 Å². The maximum Gasteiger partial charge on any atom is 0.261 e. The molecule has 26 heavy (non-hydrogen) atoms. The zero-order valence-electron chi connectivity index (χ0n) is 13.7. The van der Waals surface area contributed by atoms with E-state index in [-0.39, 0.29) is 11.0 Å². The number of fused-ring (bicyclic) bond motifs is 1. The second kappa shape index (κ2) is 7.91. The van der Waals surface area contributed by atoms with Crippen molar-refractivity contribution in [3.8, 4) is 5.75 Å². The second-order valence-electron chi connectivity index (χ2n) is 5.43. The van der Waals surface area contributed by atoms with Gasteiger partial charge in [0.25, 0.3) is 5.91 Å². The van der Waals surface area contributed by atoms with Gasteiger partial charge in [0.05, 0.1) is 23.4 Å². The van der Waals surface area contributed by atoms with Crippen LogP contribution in [0.1, 0.15) is 10.4 Å². The molecule has 3 aromatic rings. The van der Waals surface area contributed by atoms with Gasteiger partial charge in [-0.15, -0.1) is 0 Å². The number of hydrogen-bond donors (Lipinski definition) is 2. The highest BCUT2D eigenvalue weighted by molar-refractivity contribution is 7.80. The summed E-state index contributed by atoms with van der Waals surface area (Å²) in [7, 11) is 1.52. The first-order chi connectivity index (χ1) is 12.5. The van der Waals surface area contributed by atoms with Gasteiger partial charge >= 0.3 is 0 Å². The molecule has 0 aliphatic rings. The lowest BCUT2D eigenvalue weighted by atomic mass is 10.1. The Bertz CT molecular complexity index is 1010. The lowest BCUT2D eigenvalue weighted by Crippen LogP contribution is -2.34. The van der Waals surface area contributed by atoms with Crippen molar-refractivity contribution < 1.29 is 9.53 Å². The highest BCUT2D eigenvalue weighted by Crippen LogP contribution is 2.27. The number of anilines is 1. The third kappa shape index (κ3) is 4.07. The normalized spacial score (nSPS) is 10.4. The van der Waals surface area contributed by atoms with Crippen molar-refractivity contribution in [2.45, 2.75) is 0 Å². The molecule has 1 amide bonds. The Hall–Kier alpha value is -2.34. The van der Waals surface area contributed by atoms with Crippen molar-refractivity contribution in [1.29, 1.82) is 0 Å². The van der Waals surface area contributed by atoms with E-state index in [1.807, 2.05) is 30.3 Å². The number of methoxy groups -OCH3 is 1. The first-order valence-electron chi connectivity index (χ1n) is 7.62. The molecule has 0 radical (unpaired) electrons. The van der Waals surface area contributed by atoms with Crippen LogP contribution in [0.4, 0.5) is 5.69 Å². The minimum atomic E-state index is -0.379. The average Bonchev–Trinajstić information content (AvgIpc) is 2.62. The van der Waals surface area contributed by atoms with Gasteiger partial charge in [0.2, 0.25) is 0 Å². The highest BCUT2D eigenvalue weighted by atomic mass is 35.5. The molecule has 0 aromatic heterocycles. The first kappa shape index (κ1) is 18.5. The Kier molecular flexibility index (Phi) is 5.61. The number of nitrogens with one attached hydrogen (secondary N) is 2. The number of rotatable bonds is 3. The van der Waals surface area contributed by atoms with Gasteiger partial charge in [-0.1, -0.05) is 47.5 Å². The van der Waals surface area contributed by atoms with E-state index in [0.717, 1.165) is 10.8 Å². The lowest BCUT2D eigenvalue weighted by molar-refractivity contribution is 0.0975. The molecule has 0 heterocycles. The van der Waals surface area contributed by atoms with Crippen LogP contribution < -0.4 is 15.4 Å². The van der Waals surface area contributed by atoms with Crippen LogP contribution >= 0.6 is 35.4 Å². The van der Waals surface area contributed by atoms with E-state index in [1.165, 1.54) is 7.11 Å². The SMILES string of the molecule is COc1cc2ccccc2cc1C(=O)NC(=S)Nc1ccc(Cl)cc1Cl. The van der Waals surface area contributed by atoms with Crippen molar-refractivity contribution >= 4 is 62.9 Å². The van der Waals surface area contributed by atoms with Crippen LogP contribution in [0.5, 0.6) is 5.75 Å². The Morgan fingerprint density at radius 3 is 2.38 bits per heavy atom. The molecule has 0 saturated heterocycles. The van der Waals surface area contributed by atoms with Crippen molar-refractivity contribution in [3.63, 3.8) is 0 Å². The first-order valence-corrected chi connectivity index (χ1v) is 8.78. The van der Waals surface area contributed by atoms with Crippen molar-refractivity contribution in [2.24, 2.45) is 0 Å². The predicted octanol–water partition coefficient (Wildman–Crippen LogP) is 5.28. The van der Waals surface area contributed by atoms with Crippen LogP contribution in [0.2, 0.25) is 10.0 Å². The number of carbonyl (C=O) groups excluding carboxylic acids is 1. The molecule has 0 saturated carbocycles. The Morgan fingerprint density at radius 1 is 1.04 bits per heavy atom. The number of amides is 1. The molecule has 0 unspecified atom stereocenters. The summed E-state index contributed by atoms with van der Waals surface area (Å²) >= 11 is 17.2. The largest absolute Gasteiger partial charge is 0.496 e. The zero-order chi connectivity index (χ0) is 18.7. The molecule has 0 aliphatic heterocycles. The van der Waals surface area contributed by atoms with Gasteiger partial charge in [0.1, 0.15) is 5.75 Å². The van der Waals surface area contributed by atoms with E-state index in [2.05, 4.69) is 10.6 Å². The summed E-state index contributed by atoms with van der Waals surface area (Å²) in [5.41, 5.74) is 0.935. The number of benzene rings is 3. The van der Waals surface area contributed by atoms with Gasteiger partial charge in [0, 0.05) is 5.02 Å². The molecule has 0 spiro atoms. The summed E-state index contributed by atoms with van der Waals surface area (Å²) < 4.78 is 5.35.